The SMILES string of the molecule is COc1c(C)c(C)c(O)c(C(C(C)=O)c2ccc(O)cc2O)c1C. The van der Waals surface area contributed by atoms with Crippen LogP contribution < -0.4 is 4.74 Å². The fraction of sp³-hybridized carbons (Fsp3) is 0.316. The van der Waals surface area contributed by atoms with Gasteiger partial charge in [0.05, 0.1) is 13.0 Å². The van der Waals surface area contributed by atoms with Crippen LogP contribution in [0.2, 0.25) is 0 Å². The first kappa shape index (κ1) is 17.7. The topological polar surface area (TPSA) is 87.0 Å². The van der Waals surface area contributed by atoms with Gasteiger partial charge in [-0.1, -0.05) is 6.07 Å². The third-order valence-electron chi connectivity index (χ3n) is 4.48. The first-order valence-corrected chi connectivity index (χ1v) is 7.59. The Morgan fingerprint density at radius 2 is 1.67 bits per heavy atom. The lowest BCUT2D eigenvalue weighted by atomic mass is 9.82. The van der Waals surface area contributed by atoms with Crippen molar-refractivity contribution in [2.24, 2.45) is 0 Å². The highest BCUT2D eigenvalue weighted by Crippen LogP contribution is 2.45. The minimum atomic E-state index is -0.862. The lowest BCUT2D eigenvalue weighted by Gasteiger charge is -2.24. The molecule has 0 saturated heterocycles. The summed E-state index contributed by atoms with van der Waals surface area (Å²) >= 11 is 0. The Morgan fingerprint density at radius 3 is 2.17 bits per heavy atom. The van der Waals surface area contributed by atoms with Crippen molar-refractivity contribution < 1.29 is 24.9 Å². The molecule has 24 heavy (non-hydrogen) atoms. The number of carbonyl (C=O) groups excluding carboxylic acids is 1. The Hall–Kier alpha value is -2.69. The van der Waals surface area contributed by atoms with Gasteiger partial charge in [0.1, 0.15) is 28.8 Å². The number of hydrogen-bond donors (Lipinski definition) is 3. The summed E-state index contributed by atoms with van der Waals surface area (Å²) in [5.74, 6) is -0.787. The highest BCUT2D eigenvalue weighted by Gasteiger charge is 2.30. The number of aromatic hydroxyl groups is 3. The summed E-state index contributed by atoms with van der Waals surface area (Å²) in [5.41, 5.74) is 2.80. The quantitative estimate of drug-likeness (QED) is 0.799. The molecule has 0 aliphatic rings. The number of carbonyl (C=O) groups is 1. The maximum atomic E-state index is 12.4. The third kappa shape index (κ3) is 2.77. The summed E-state index contributed by atoms with van der Waals surface area (Å²) in [6.07, 6.45) is 0. The van der Waals surface area contributed by atoms with Gasteiger partial charge in [-0.15, -0.1) is 0 Å². The molecule has 0 spiro atoms. The van der Waals surface area contributed by atoms with Gasteiger partial charge in [0.15, 0.2) is 0 Å². The van der Waals surface area contributed by atoms with E-state index >= 15 is 0 Å². The van der Waals surface area contributed by atoms with Crippen LogP contribution in [0, 0.1) is 20.8 Å². The van der Waals surface area contributed by atoms with E-state index in [1.165, 1.54) is 32.2 Å². The predicted octanol–water partition coefficient (Wildman–Crippen LogP) is 3.46. The largest absolute Gasteiger partial charge is 0.508 e. The zero-order chi connectivity index (χ0) is 18.2. The predicted molar refractivity (Wildman–Crippen MR) is 91.2 cm³/mol. The van der Waals surface area contributed by atoms with Gasteiger partial charge in [0, 0.05) is 17.2 Å². The molecule has 2 aromatic carbocycles. The van der Waals surface area contributed by atoms with Crippen LogP contribution in [0.4, 0.5) is 0 Å². The van der Waals surface area contributed by atoms with E-state index < -0.39 is 5.92 Å². The van der Waals surface area contributed by atoms with Crippen LogP contribution in [0.1, 0.15) is 40.7 Å². The number of phenols is 3. The maximum Gasteiger partial charge on any atom is 0.141 e. The normalized spacial score (nSPS) is 12.0. The molecule has 0 aliphatic heterocycles. The van der Waals surface area contributed by atoms with E-state index in [4.69, 9.17) is 4.74 Å². The zero-order valence-corrected chi connectivity index (χ0v) is 14.5. The van der Waals surface area contributed by atoms with Gasteiger partial charge >= 0.3 is 0 Å². The molecule has 2 rings (SSSR count). The fourth-order valence-corrected chi connectivity index (χ4v) is 3.14. The van der Waals surface area contributed by atoms with Gasteiger partial charge in [-0.2, -0.15) is 0 Å². The van der Waals surface area contributed by atoms with Crippen molar-refractivity contribution in [1.82, 2.24) is 0 Å². The molecular formula is C19H22O5. The van der Waals surface area contributed by atoms with Gasteiger partial charge in [0.2, 0.25) is 0 Å². The van der Waals surface area contributed by atoms with Crippen molar-refractivity contribution in [1.29, 1.82) is 0 Å². The van der Waals surface area contributed by atoms with Crippen molar-refractivity contribution in [3.8, 4) is 23.0 Å². The summed E-state index contributed by atoms with van der Waals surface area (Å²) in [4.78, 5) is 12.4. The highest BCUT2D eigenvalue weighted by atomic mass is 16.5. The molecule has 0 bridgehead atoms. The van der Waals surface area contributed by atoms with E-state index in [0.717, 1.165) is 5.56 Å². The molecule has 0 amide bonds. The minimum absolute atomic E-state index is 0.0125. The second-order valence-electron chi connectivity index (χ2n) is 5.96. The van der Waals surface area contributed by atoms with Crippen LogP contribution in [0.5, 0.6) is 23.0 Å². The Labute approximate surface area is 141 Å². The number of Topliss-reactive ketones (excluding diaryl/α,β-unsaturated/α-hetero) is 1. The molecule has 3 N–H and O–H groups in total. The molecule has 0 radical (unpaired) electrons. The van der Waals surface area contributed by atoms with Crippen LogP contribution >= 0.6 is 0 Å². The lowest BCUT2D eigenvalue weighted by Crippen LogP contribution is -2.14. The first-order chi connectivity index (χ1) is 11.2. The van der Waals surface area contributed by atoms with Crippen molar-refractivity contribution in [3.05, 3.63) is 46.0 Å². The summed E-state index contributed by atoms with van der Waals surface area (Å²) < 4.78 is 5.44. The van der Waals surface area contributed by atoms with Crippen molar-refractivity contribution >= 4 is 5.78 Å². The molecule has 1 unspecified atom stereocenters. The number of phenolic OH excluding ortho intramolecular Hbond substituents is 3. The van der Waals surface area contributed by atoms with Gasteiger partial charge in [-0.3, -0.25) is 4.79 Å². The standard InChI is InChI=1S/C19H22O5/c1-9-10(2)19(24-5)11(3)16(18(9)23)17(12(4)20)14-7-6-13(21)8-15(14)22/h6-8,17,21-23H,1-5H3. The van der Waals surface area contributed by atoms with Crippen LogP contribution in [-0.2, 0) is 4.79 Å². The summed E-state index contributed by atoms with van der Waals surface area (Å²) in [7, 11) is 1.54. The first-order valence-electron chi connectivity index (χ1n) is 7.59. The third-order valence-corrected chi connectivity index (χ3v) is 4.48. The average molecular weight is 330 g/mol. The van der Waals surface area contributed by atoms with Crippen molar-refractivity contribution in [2.45, 2.75) is 33.6 Å². The molecule has 0 saturated carbocycles. The van der Waals surface area contributed by atoms with E-state index in [1.807, 2.05) is 6.92 Å². The Kier molecular flexibility index (Phi) is 4.73. The molecule has 1 atom stereocenters. The monoisotopic (exact) mass is 330 g/mol. The van der Waals surface area contributed by atoms with Crippen LogP contribution in [0.25, 0.3) is 0 Å². The molecule has 0 heterocycles. The lowest BCUT2D eigenvalue weighted by molar-refractivity contribution is -0.117. The molecule has 128 valence electrons. The van der Waals surface area contributed by atoms with Gasteiger partial charge in [-0.05, 0) is 50.5 Å². The highest BCUT2D eigenvalue weighted by molar-refractivity contribution is 5.89. The van der Waals surface area contributed by atoms with Crippen molar-refractivity contribution in [3.63, 3.8) is 0 Å². The molecular weight excluding hydrogens is 308 g/mol. The number of hydrogen-bond acceptors (Lipinski definition) is 5. The second-order valence-corrected chi connectivity index (χ2v) is 5.96. The second kappa shape index (κ2) is 6.43. The van der Waals surface area contributed by atoms with E-state index in [1.54, 1.807) is 13.8 Å². The Balaban J connectivity index is 2.83. The summed E-state index contributed by atoms with van der Waals surface area (Å²) in [6, 6.07) is 4.06. The number of rotatable bonds is 4. The summed E-state index contributed by atoms with van der Waals surface area (Å²) in [6.45, 7) is 6.76. The van der Waals surface area contributed by atoms with Gasteiger partial charge in [0.25, 0.3) is 0 Å². The molecule has 0 fully saturated rings. The molecule has 2 aromatic rings. The van der Waals surface area contributed by atoms with E-state index in [9.17, 15) is 20.1 Å². The van der Waals surface area contributed by atoms with Gasteiger partial charge in [-0.25, -0.2) is 0 Å². The fourth-order valence-electron chi connectivity index (χ4n) is 3.14. The minimum Gasteiger partial charge on any atom is -0.508 e. The smallest absolute Gasteiger partial charge is 0.141 e. The maximum absolute atomic E-state index is 12.4. The molecule has 5 heteroatoms. The Bertz CT molecular complexity index is 808. The van der Waals surface area contributed by atoms with Crippen molar-refractivity contribution in [2.75, 3.05) is 7.11 Å². The Morgan fingerprint density at radius 1 is 1.04 bits per heavy atom. The number of benzene rings is 2. The van der Waals surface area contributed by atoms with E-state index in [0.29, 0.717) is 28.0 Å². The number of ether oxygens (including phenoxy) is 1. The number of methoxy groups -OCH3 is 1. The van der Waals surface area contributed by atoms with Crippen LogP contribution in [-0.4, -0.2) is 28.2 Å². The van der Waals surface area contributed by atoms with Gasteiger partial charge < -0.3 is 20.1 Å². The summed E-state index contributed by atoms with van der Waals surface area (Å²) in [5, 5.41) is 30.3. The van der Waals surface area contributed by atoms with Crippen LogP contribution in [0.3, 0.4) is 0 Å². The van der Waals surface area contributed by atoms with Crippen LogP contribution in [0.15, 0.2) is 18.2 Å². The average Bonchev–Trinajstić information content (AvgIpc) is 2.51. The molecule has 5 nitrogen and oxygen atoms in total. The van der Waals surface area contributed by atoms with E-state index in [2.05, 4.69) is 0 Å². The molecule has 0 aliphatic carbocycles. The van der Waals surface area contributed by atoms with E-state index in [-0.39, 0.29) is 23.0 Å². The zero-order valence-electron chi connectivity index (χ0n) is 14.5. The molecule has 0 aromatic heterocycles. The number of ketones is 1.